The predicted octanol–water partition coefficient (Wildman–Crippen LogP) is 1.96. The van der Waals surface area contributed by atoms with Gasteiger partial charge in [0.25, 0.3) is 25.5 Å². The van der Waals surface area contributed by atoms with Gasteiger partial charge in [-0.1, -0.05) is 18.2 Å². The standard InChI is InChI=1S/C17H11ClN2O9S2/c18-16(21)12-9-15(29-17(22)10-4-2-1-3-5-10)20(19-12)13-8-11(30(23,24)25)6-7-14(13)31(26,27)28/h1-9H,(H,23,24,25)(H,26,27,28). The van der Waals surface area contributed by atoms with Gasteiger partial charge in [0.2, 0.25) is 5.88 Å². The minimum absolute atomic E-state index is 0.0932. The van der Waals surface area contributed by atoms with Crippen LogP contribution in [0.4, 0.5) is 0 Å². The van der Waals surface area contributed by atoms with E-state index in [9.17, 15) is 35.5 Å². The molecule has 0 radical (unpaired) electrons. The molecule has 0 spiro atoms. The van der Waals surface area contributed by atoms with E-state index in [1.54, 1.807) is 18.2 Å². The summed E-state index contributed by atoms with van der Waals surface area (Å²) in [6, 6.07) is 10.5. The van der Waals surface area contributed by atoms with Gasteiger partial charge in [-0.2, -0.15) is 26.6 Å². The molecule has 0 bridgehead atoms. The summed E-state index contributed by atoms with van der Waals surface area (Å²) in [5.74, 6) is -1.44. The summed E-state index contributed by atoms with van der Waals surface area (Å²) in [6.07, 6.45) is 0. The maximum Gasteiger partial charge on any atom is 0.344 e. The summed E-state index contributed by atoms with van der Waals surface area (Å²) < 4.78 is 71.1. The van der Waals surface area contributed by atoms with E-state index in [2.05, 4.69) is 5.10 Å². The molecule has 162 valence electrons. The fraction of sp³-hybridized carbons (Fsp3) is 0. The van der Waals surface area contributed by atoms with Crippen LogP contribution in [0.15, 0.2) is 64.4 Å². The second kappa shape index (κ2) is 8.20. The van der Waals surface area contributed by atoms with E-state index in [0.29, 0.717) is 22.9 Å². The second-order valence-electron chi connectivity index (χ2n) is 5.89. The lowest BCUT2D eigenvalue weighted by atomic mass is 10.2. The van der Waals surface area contributed by atoms with Crippen molar-refractivity contribution in [2.75, 3.05) is 0 Å². The van der Waals surface area contributed by atoms with Crippen LogP contribution in [0.3, 0.4) is 0 Å². The van der Waals surface area contributed by atoms with Crippen LogP contribution < -0.4 is 4.74 Å². The number of ether oxygens (including phenoxy) is 1. The predicted molar refractivity (Wildman–Crippen MR) is 105 cm³/mol. The first kappa shape index (κ1) is 22.6. The van der Waals surface area contributed by atoms with E-state index < -0.39 is 58.5 Å². The number of nitrogens with zero attached hydrogens (tertiary/aromatic N) is 2. The first-order valence-electron chi connectivity index (χ1n) is 8.04. The van der Waals surface area contributed by atoms with Crippen LogP contribution in [0.5, 0.6) is 5.88 Å². The van der Waals surface area contributed by atoms with Gasteiger partial charge in [-0.3, -0.25) is 13.9 Å². The Labute approximate surface area is 180 Å². The van der Waals surface area contributed by atoms with Crippen LogP contribution in [-0.2, 0) is 20.2 Å². The van der Waals surface area contributed by atoms with Crippen molar-refractivity contribution in [2.24, 2.45) is 0 Å². The smallest absolute Gasteiger partial charge is 0.344 e. The monoisotopic (exact) mass is 486 g/mol. The van der Waals surface area contributed by atoms with Crippen LogP contribution in [0.25, 0.3) is 5.69 Å². The van der Waals surface area contributed by atoms with E-state index in [1.165, 1.54) is 12.1 Å². The Balaban J connectivity index is 2.24. The number of esters is 1. The number of rotatable bonds is 6. The van der Waals surface area contributed by atoms with Crippen molar-refractivity contribution in [1.82, 2.24) is 9.78 Å². The Bertz CT molecular complexity index is 1400. The molecule has 0 atom stereocenters. The van der Waals surface area contributed by atoms with Crippen molar-refractivity contribution in [1.29, 1.82) is 0 Å². The molecule has 0 amide bonds. The van der Waals surface area contributed by atoms with Gasteiger partial charge in [0, 0.05) is 6.07 Å². The molecule has 0 aliphatic rings. The summed E-state index contributed by atoms with van der Waals surface area (Å²) in [6.45, 7) is 0. The zero-order valence-electron chi connectivity index (χ0n) is 15.0. The molecule has 2 aromatic carbocycles. The van der Waals surface area contributed by atoms with Gasteiger partial charge >= 0.3 is 5.97 Å². The zero-order chi connectivity index (χ0) is 23.0. The molecular formula is C17H11ClN2O9S2. The molecule has 0 unspecified atom stereocenters. The highest BCUT2D eigenvalue weighted by molar-refractivity contribution is 7.86. The van der Waals surface area contributed by atoms with E-state index in [0.717, 1.165) is 6.07 Å². The SMILES string of the molecule is O=C(Oc1cc(C(=O)Cl)nn1-c1cc(S(=O)(=O)O)ccc1S(=O)(=O)O)c1ccccc1. The molecule has 11 nitrogen and oxygen atoms in total. The number of benzene rings is 2. The molecular weight excluding hydrogens is 476 g/mol. The highest BCUT2D eigenvalue weighted by atomic mass is 35.5. The molecule has 1 aromatic heterocycles. The lowest BCUT2D eigenvalue weighted by molar-refractivity contribution is 0.0722. The van der Waals surface area contributed by atoms with Crippen LogP contribution in [0, 0.1) is 0 Å². The van der Waals surface area contributed by atoms with Gasteiger partial charge < -0.3 is 4.74 Å². The number of carbonyl (C=O) groups excluding carboxylic acids is 2. The Morgan fingerprint density at radius 3 is 2.13 bits per heavy atom. The molecule has 31 heavy (non-hydrogen) atoms. The first-order chi connectivity index (χ1) is 14.4. The highest BCUT2D eigenvalue weighted by Gasteiger charge is 2.26. The third kappa shape index (κ3) is 4.98. The number of hydrogen-bond donors (Lipinski definition) is 2. The van der Waals surface area contributed by atoms with Gasteiger partial charge in [0.05, 0.1) is 16.1 Å². The molecule has 2 N–H and O–H groups in total. The van der Waals surface area contributed by atoms with E-state index in [1.807, 2.05) is 0 Å². The molecule has 3 aromatic rings. The lowest BCUT2D eigenvalue weighted by Crippen LogP contribution is -2.14. The molecule has 14 heteroatoms. The van der Waals surface area contributed by atoms with Crippen LogP contribution in [0.2, 0.25) is 0 Å². The Kier molecular flexibility index (Phi) is 5.98. The lowest BCUT2D eigenvalue weighted by Gasteiger charge is -2.12. The molecule has 0 saturated carbocycles. The molecule has 0 aliphatic heterocycles. The zero-order valence-corrected chi connectivity index (χ0v) is 17.4. The van der Waals surface area contributed by atoms with Gasteiger partial charge in [-0.25, -0.2) is 4.79 Å². The first-order valence-corrected chi connectivity index (χ1v) is 11.3. The summed E-state index contributed by atoms with van der Waals surface area (Å²) in [5.41, 5.74) is -1.02. The molecule has 0 fully saturated rings. The fourth-order valence-corrected chi connectivity index (χ4v) is 3.72. The van der Waals surface area contributed by atoms with Crippen molar-refractivity contribution in [3.05, 3.63) is 65.9 Å². The summed E-state index contributed by atoms with van der Waals surface area (Å²) >= 11 is 5.40. The molecule has 0 saturated heterocycles. The van der Waals surface area contributed by atoms with E-state index in [-0.39, 0.29) is 5.56 Å². The second-order valence-corrected chi connectivity index (χ2v) is 9.04. The number of halogens is 1. The third-order valence-electron chi connectivity index (χ3n) is 3.82. The Morgan fingerprint density at radius 2 is 1.58 bits per heavy atom. The number of aromatic nitrogens is 2. The average Bonchev–Trinajstić information content (AvgIpc) is 3.11. The van der Waals surface area contributed by atoms with Gasteiger partial charge in [0.1, 0.15) is 10.6 Å². The summed E-state index contributed by atoms with van der Waals surface area (Å²) in [7, 11) is -9.75. The molecule has 0 aliphatic carbocycles. The van der Waals surface area contributed by atoms with E-state index in [4.69, 9.17) is 16.3 Å². The van der Waals surface area contributed by atoms with Crippen molar-refractivity contribution in [3.8, 4) is 11.6 Å². The average molecular weight is 487 g/mol. The topological polar surface area (TPSA) is 170 Å². The molecule has 3 rings (SSSR count). The maximum atomic E-state index is 12.4. The van der Waals surface area contributed by atoms with Crippen molar-refractivity contribution < 1.29 is 40.3 Å². The maximum absolute atomic E-state index is 12.4. The quantitative estimate of drug-likeness (QED) is 0.298. The largest absolute Gasteiger partial charge is 0.404 e. The fourth-order valence-electron chi connectivity index (χ4n) is 2.47. The summed E-state index contributed by atoms with van der Waals surface area (Å²) in [5, 5.41) is 2.63. The van der Waals surface area contributed by atoms with E-state index >= 15 is 0 Å². The minimum atomic E-state index is -4.95. The van der Waals surface area contributed by atoms with Gasteiger partial charge in [0.15, 0.2) is 0 Å². The van der Waals surface area contributed by atoms with Crippen LogP contribution >= 0.6 is 11.6 Å². The van der Waals surface area contributed by atoms with Gasteiger partial charge in [-0.15, -0.1) is 0 Å². The van der Waals surface area contributed by atoms with Crippen molar-refractivity contribution in [2.45, 2.75) is 9.79 Å². The van der Waals surface area contributed by atoms with Crippen LogP contribution in [-0.4, -0.2) is 46.9 Å². The minimum Gasteiger partial charge on any atom is -0.404 e. The highest BCUT2D eigenvalue weighted by Crippen LogP contribution is 2.29. The Hall–Kier alpha value is -3.10. The van der Waals surface area contributed by atoms with Crippen molar-refractivity contribution >= 4 is 43.0 Å². The third-order valence-corrected chi connectivity index (χ3v) is 5.76. The van der Waals surface area contributed by atoms with Gasteiger partial charge in [-0.05, 0) is 41.9 Å². The number of carbonyl (C=O) groups is 2. The summed E-state index contributed by atoms with van der Waals surface area (Å²) in [4.78, 5) is 22.3. The normalized spacial score (nSPS) is 11.8. The van der Waals surface area contributed by atoms with Crippen LogP contribution in [0.1, 0.15) is 20.8 Å². The molecule has 1 heterocycles. The van der Waals surface area contributed by atoms with Crippen molar-refractivity contribution in [3.63, 3.8) is 0 Å². The number of hydrogen-bond acceptors (Lipinski definition) is 8. The Morgan fingerprint density at radius 1 is 0.935 bits per heavy atom.